The van der Waals surface area contributed by atoms with Crippen molar-refractivity contribution in [2.45, 2.75) is 59.0 Å². The number of nitrogens with one attached hydrogen (secondary N) is 1. The third-order valence-corrected chi connectivity index (χ3v) is 7.81. The van der Waals surface area contributed by atoms with Crippen molar-refractivity contribution in [1.29, 1.82) is 0 Å². The van der Waals surface area contributed by atoms with Gasteiger partial charge >= 0.3 is 18.0 Å². The zero-order valence-corrected chi connectivity index (χ0v) is 23.8. The van der Waals surface area contributed by atoms with Crippen molar-refractivity contribution in [3.05, 3.63) is 59.7 Å². The Hall–Kier alpha value is -3.43. The SMILES string of the molecule is CC(=O)OC1OC([C@H](C)COCCNC(=O)OCC2c3ccccc3-c3ccccc32)[C@@H](C)[C@H](C)C1OC(C)=O. The predicted octanol–water partition coefficient (Wildman–Crippen LogP) is 4.67. The molecule has 4 rings (SSSR count). The van der Waals surface area contributed by atoms with Crippen LogP contribution in [0.1, 0.15) is 51.7 Å². The van der Waals surface area contributed by atoms with E-state index < -0.39 is 30.4 Å². The second-order valence-corrected chi connectivity index (χ2v) is 10.7. The number of rotatable bonds is 10. The maximum Gasteiger partial charge on any atom is 0.407 e. The highest BCUT2D eigenvalue weighted by molar-refractivity contribution is 5.79. The van der Waals surface area contributed by atoms with E-state index in [1.54, 1.807) is 0 Å². The van der Waals surface area contributed by atoms with Crippen LogP contribution in [0.15, 0.2) is 48.5 Å². The lowest BCUT2D eigenvalue weighted by Crippen LogP contribution is -2.54. The van der Waals surface area contributed by atoms with Crippen molar-refractivity contribution in [2.75, 3.05) is 26.4 Å². The Kier molecular flexibility index (Phi) is 9.81. The third-order valence-electron chi connectivity index (χ3n) is 7.81. The van der Waals surface area contributed by atoms with Gasteiger partial charge in [0.1, 0.15) is 6.61 Å². The summed E-state index contributed by atoms with van der Waals surface area (Å²) in [5, 5.41) is 2.75. The molecule has 216 valence electrons. The summed E-state index contributed by atoms with van der Waals surface area (Å²) < 4.78 is 28.2. The van der Waals surface area contributed by atoms with E-state index in [1.165, 1.54) is 25.0 Å². The monoisotopic (exact) mass is 553 g/mol. The molecular formula is C31H39NO8. The lowest BCUT2D eigenvalue weighted by atomic mass is 9.79. The number of carbonyl (C=O) groups is 3. The molecule has 0 bridgehead atoms. The molecule has 1 N–H and O–H groups in total. The molecule has 40 heavy (non-hydrogen) atoms. The molecule has 1 heterocycles. The summed E-state index contributed by atoms with van der Waals surface area (Å²) in [6.45, 7) is 9.80. The Morgan fingerprint density at radius 3 is 2.10 bits per heavy atom. The van der Waals surface area contributed by atoms with E-state index in [2.05, 4.69) is 29.6 Å². The molecule has 1 fully saturated rings. The van der Waals surface area contributed by atoms with Gasteiger partial charge in [0.2, 0.25) is 6.29 Å². The summed E-state index contributed by atoms with van der Waals surface area (Å²) in [6.07, 6.45) is -2.42. The van der Waals surface area contributed by atoms with Gasteiger partial charge in [-0.25, -0.2) is 4.79 Å². The summed E-state index contributed by atoms with van der Waals surface area (Å²) in [4.78, 5) is 35.6. The smallest absolute Gasteiger partial charge is 0.407 e. The Labute approximate surface area is 235 Å². The molecule has 6 atom stereocenters. The summed E-state index contributed by atoms with van der Waals surface area (Å²) >= 11 is 0. The van der Waals surface area contributed by atoms with E-state index in [4.69, 9.17) is 23.7 Å². The number of esters is 2. The van der Waals surface area contributed by atoms with Gasteiger partial charge in [-0.1, -0.05) is 69.3 Å². The first-order valence-electron chi connectivity index (χ1n) is 13.8. The summed E-state index contributed by atoms with van der Waals surface area (Å²) in [5.41, 5.74) is 4.69. The molecule has 0 radical (unpaired) electrons. The molecule has 1 amide bonds. The molecular weight excluding hydrogens is 514 g/mol. The molecule has 9 nitrogen and oxygen atoms in total. The highest BCUT2D eigenvalue weighted by Crippen LogP contribution is 2.44. The Balaban J connectivity index is 1.21. The minimum Gasteiger partial charge on any atom is -0.456 e. The van der Waals surface area contributed by atoms with Crippen LogP contribution in [0.3, 0.4) is 0 Å². The van der Waals surface area contributed by atoms with Gasteiger partial charge in [-0.2, -0.15) is 0 Å². The van der Waals surface area contributed by atoms with E-state index in [9.17, 15) is 14.4 Å². The van der Waals surface area contributed by atoms with Crippen LogP contribution in [-0.2, 0) is 33.3 Å². The van der Waals surface area contributed by atoms with Crippen molar-refractivity contribution < 1.29 is 38.1 Å². The fourth-order valence-electron chi connectivity index (χ4n) is 5.71. The molecule has 0 aromatic heterocycles. The minimum atomic E-state index is -0.977. The van der Waals surface area contributed by atoms with E-state index in [0.717, 1.165) is 11.1 Å². The maximum atomic E-state index is 12.4. The van der Waals surface area contributed by atoms with Crippen LogP contribution < -0.4 is 5.32 Å². The van der Waals surface area contributed by atoms with Crippen LogP contribution >= 0.6 is 0 Å². The number of hydrogen-bond acceptors (Lipinski definition) is 8. The van der Waals surface area contributed by atoms with Crippen molar-refractivity contribution in [3.63, 3.8) is 0 Å². The molecule has 0 spiro atoms. The molecule has 0 saturated carbocycles. The zero-order chi connectivity index (χ0) is 28.8. The molecule has 1 aliphatic heterocycles. The highest BCUT2D eigenvalue weighted by atomic mass is 16.7. The van der Waals surface area contributed by atoms with Crippen LogP contribution in [0.5, 0.6) is 0 Å². The van der Waals surface area contributed by atoms with Gasteiger partial charge in [-0.3, -0.25) is 9.59 Å². The van der Waals surface area contributed by atoms with Crippen LogP contribution in [0.4, 0.5) is 4.79 Å². The standard InChI is InChI=1S/C31H39NO8/c1-18(28-19(2)20(3)29(38-21(4)33)30(40-28)39-22(5)34)16-36-15-14-32-31(35)37-17-27-25-12-8-6-10-23(25)24-11-7-9-13-26(24)27/h6-13,18-20,27-30H,14-17H2,1-5H3,(H,32,35)/t18-,19+,20+,28?,29?,30?/m1/s1. The van der Waals surface area contributed by atoms with E-state index >= 15 is 0 Å². The molecule has 2 aromatic carbocycles. The van der Waals surface area contributed by atoms with E-state index in [1.807, 2.05) is 45.0 Å². The Morgan fingerprint density at radius 2 is 1.50 bits per heavy atom. The molecule has 3 unspecified atom stereocenters. The molecule has 1 saturated heterocycles. The molecule has 9 heteroatoms. The fourth-order valence-corrected chi connectivity index (χ4v) is 5.71. The number of carbonyl (C=O) groups excluding carboxylic acids is 3. The van der Waals surface area contributed by atoms with Gasteiger partial charge < -0.3 is 29.0 Å². The number of alkyl carbamates (subject to hydrolysis) is 1. The van der Waals surface area contributed by atoms with Gasteiger partial charge in [0.15, 0.2) is 6.10 Å². The Morgan fingerprint density at radius 1 is 0.900 bits per heavy atom. The summed E-state index contributed by atoms with van der Waals surface area (Å²) in [6, 6.07) is 16.4. The van der Waals surface area contributed by atoms with Crippen molar-refractivity contribution >= 4 is 18.0 Å². The second kappa shape index (κ2) is 13.3. The molecule has 2 aliphatic rings. The van der Waals surface area contributed by atoms with Gasteiger partial charge in [0.05, 0.1) is 19.3 Å². The number of fused-ring (bicyclic) bond motifs is 3. The van der Waals surface area contributed by atoms with Crippen LogP contribution in [0, 0.1) is 17.8 Å². The van der Waals surface area contributed by atoms with Gasteiger partial charge in [0, 0.05) is 38.1 Å². The lowest BCUT2D eigenvalue weighted by Gasteiger charge is -2.45. The predicted molar refractivity (Wildman–Crippen MR) is 147 cm³/mol. The zero-order valence-electron chi connectivity index (χ0n) is 23.8. The summed E-state index contributed by atoms with van der Waals surface area (Å²) in [7, 11) is 0. The highest BCUT2D eigenvalue weighted by Gasteiger charge is 2.46. The molecule has 1 aliphatic carbocycles. The topological polar surface area (TPSA) is 109 Å². The van der Waals surface area contributed by atoms with Gasteiger partial charge in [-0.05, 0) is 28.2 Å². The van der Waals surface area contributed by atoms with Crippen molar-refractivity contribution in [2.24, 2.45) is 17.8 Å². The quantitative estimate of drug-likeness (QED) is 0.257. The van der Waals surface area contributed by atoms with E-state index in [-0.39, 0.29) is 36.4 Å². The van der Waals surface area contributed by atoms with Crippen molar-refractivity contribution in [3.8, 4) is 11.1 Å². The maximum absolute atomic E-state index is 12.4. The van der Waals surface area contributed by atoms with Crippen LogP contribution in [-0.4, -0.2) is 62.9 Å². The largest absolute Gasteiger partial charge is 0.456 e. The second-order valence-electron chi connectivity index (χ2n) is 10.7. The van der Waals surface area contributed by atoms with Gasteiger partial charge in [-0.15, -0.1) is 0 Å². The molecule has 2 aromatic rings. The first-order valence-corrected chi connectivity index (χ1v) is 13.8. The number of ether oxygens (including phenoxy) is 5. The number of benzene rings is 2. The third kappa shape index (κ3) is 6.82. The average Bonchev–Trinajstić information content (AvgIpc) is 3.24. The number of hydrogen-bond donors (Lipinski definition) is 1. The first kappa shape index (κ1) is 29.6. The minimum absolute atomic E-state index is 0.00590. The van der Waals surface area contributed by atoms with Gasteiger partial charge in [0.25, 0.3) is 0 Å². The average molecular weight is 554 g/mol. The summed E-state index contributed by atoms with van der Waals surface area (Å²) in [5.74, 6) is -1.07. The van der Waals surface area contributed by atoms with Crippen molar-refractivity contribution in [1.82, 2.24) is 5.32 Å². The van der Waals surface area contributed by atoms with E-state index in [0.29, 0.717) is 19.8 Å². The Bertz CT molecular complexity index is 1150. The fraction of sp³-hybridized carbons (Fsp3) is 0.516. The van der Waals surface area contributed by atoms with Crippen LogP contribution in [0.2, 0.25) is 0 Å². The lowest BCUT2D eigenvalue weighted by molar-refractivity contribution is -0.275. The van der Waals surface area contributed by atoms with Crippen LogP contribution in [0.25, 0.3) is 11.1 Å². The normalized spacial score (nSPS) is 24.4. The first-order chi connectivity index (χ1) is 19.2. The number of amides is 1.